The first-order valence-electron chi connectivity index (χ1n) is 7.24. The number of Topliss-reactive ketones (excluding diaryl/α,β-unsaturated/α-hetero) is 1. The SMILES string of the molecule is Cc1ccc(C)c(SC(C)C(=O)c2ccc(C)c(C)c2)c1. The summed E-state index contributed by atoms with van der Waals surface area (Å²) in [4.78, 5) is 13.8. The zero-order chi connectivity index (χ0) is 15.6. The molecule has 0 saturated heterocycles. The van der Waals surface area contributed by atoms with Gasteiger partial charge in [0.2, 0.25) is 0 Å². The molecule has 0 fully saturated rings. The summed E-state index contributed by atoms with van der Waals surface area (Å²) in [7, 11) is 0. The molecule has 2 aromatic carbocycles. The quantitative estimate of drug-likeness (QED) is 0.564. The minimum atomic E-state index is -0.0763. The highest BCUT2D eigenvalue weighted by Gasteiger charge is 2.17. The molecule has 0 saturated carbocycles. The minimum Gasteiger partial charge on any atom is -0.293 e. The third kappa shape index (κ3) is 3.76. The molecule has 0 spiro atoms. The van der Waals surface area contributed by atoms with E-state index in [0.717, 1.165) is 5.56 Å². The highest BCUT2D eigenvalue weighted by atomic mass is 32.2. The maximum absolute atomic E-state index is 12.6. The summed E-state index contributed by atoms with van der Waals surface area (Å²) in [5, 5.41) is -0.0763. The number of ketones is 1. The van der Waals surface area contributed by atoms with Crippen molar-refractivity contribution >= 4 is 17.5 Å². The molecule has 1 atom stereocenters. The number of aryl methyl sites for hydroxylation is 4. The number of hydrogen-bond donors (Lipinski definition) is 0. The summed E-state index contributed by atoms with van der Waals surface area (Å²) in [5.74, 6) is 0.198. The van der Waals surface area contributed by atoms with E-state index in [1.54, 1.807) is 11.8 Å². The van der Waals surface area contributed by atoms with E-state index in [9.17, 15) is 4.79 Å². The minimum absolute atomic E-state index is 0.0763. The summed E-state index contributed by atoms with van der Waals surface area (Å²) in [5.41, 5.74) is 5.66. The molecule has 0 aromatic heterocycles. The van der Waals surface area contributed by atoms with Crippen LogP contribution in [0.1, 0.15) is 39.5 Å². The Labute approximate surface area is 131 Å². The summed E-state index contributed by atoms with van der Waals surface area (Å²) in [6.07, 6.45) is 0. The van der Waals surface area contributed by atoms with Crippen molar-refractivity contribution in [3.05, 3.63) is 64.2 Å². The Bertz CT molecular complexity index is 673. The predicted octanol–water partition coefficient (Wildman–Crippen LogP) is 5.28. The van der Waals surface area contributed by atoms with E-state index in [1.165, 1.54) is 27.1 Å². The van der Waals surface area contributed by atoms with Gasteiger partial charge < -0.3 is 0 Å². The Balaban J connectivity index is 2.19. The van der Waals surface area contributed by atoms with Gasteiger partial charge in [0, 0.05) is 10.5 Å². The van der Waals surface area contributed by atoms with Gasteiger partial charge in [-0.15, -0.1) is 11.8 Å². The largest absolute Gasteiger partial charge is 0.293 e. The van der Waals surface area contributed by atoms with E-state index < -0.39 is 0 Å². The van der Waals surface area contributed by atoms with Crippen LogP contribution in [0.3, 0.4) is 0 Å². The van der Waals surface area contributed by atoms with E-state index in [1.807, 2.05) is 25.1 Å². The van der Waals surface area contributed by atoms with Crippen molar-refractivity contribution < 1.29 is 4.79 Å². The van der Waals surface area contributed by atoms with Crippen LogP contribution in [-0.4, -0.2) is 11.0 Å². The molecule has 0 aliphatic carbocycles. The topological polar surface area (TPSA) is 17.1 Å². The van der Waals surface area contributed by atoms with Crippen LogP contribution in [0.5, 0.6) is 0 Å². The molecule has 0 amide bonds. The Morgan fingerprint density at radius 3 is 2.24 bits per heavy atom. The monoisotopic (exact) mass is 298 g/mol. The Morgan fingerprint density at radius 1 is 0.905 bits per heavy atom. The zero-order valence-electron chi connectivity index (χ0n) is 13.4. The second kappa shape index (κ2) is 6.48. The second-order valence-electron chi connectivity index (χ2n) is 5.69. The fourth-order valence-electron chi connectivity index (χ4n) is 2.21. The van der Waals surface area contributed by atoms with Crippen LogP contribution in [-0.2, 0) is 0 Å². The van der Waals surface area contributed by atoms with Gasteiger partial charge in [-0.1, -0.05) is 29.8 Å². The van der Waals surface area contributed by atoms with Gasteiger partial charge in [-0.05, 0) is 63.4 Å². The summed E-state index contributed by atoms with van der Waals surface area (Å²) in [6.45, 7) is 10.3. The smallest absolute Gasteiger partial charge is 0.175 e. The third-order valence-corrected chi connectivity index (χ3v) is 5.07. The van der Waals surface area contributed by atoms with E-state index >= 15 is 0 Å². The lowest BCUT2D eigenvalue weighted by molar-refractivity contribution is 0.0994. The maximum Gasteiger partial charge on any atom is 0.175 e. The van der Waals surface area contributed by atoms with Crippen LogP contribution in [0, 0.1) is 27.7 Å². The first kappa shape index (κ1) is 15.8. The van der Waals surface area contributed by atoms with Crippen molar-refractivity contribution in [2.75, 3.05) is 0 Å². The first-order valence-corrected chi connectivity index (χ1v) is 8.12. The number of carbonyl (C=O) groups excluding carboxylic acids is 1. The molecule has 1 unspecified atom stereocenters. The fourth-order valence-corrected chi connectivity index (χ4v) is 3.34. The van der Waals surface area contributed by atoms with Crippen molar-refractivity contribution in [1.29, 1.82) is 0 Å². The average Bonchev–Trinajstić information content (AvgIpc) is 2.45. The molecule has 110 valence electrons. The highest BCUT2D eigenvalue weighted by Crippen LogP contribution is 2.29. The molecule has 0 radical (unpaired) electrons. The summed E-state index contributed by atoms with van der Waals surface area (Å²) in [6, 6.07) is 12.3. The molecule has 0 bridgehead atoms. The maximum atomic E-state index is 12.6. The molecule has 0 aliphatic heterocycles. The lowest BCUT2D eigenvalue weighted by Crippen LogP contribution is -2.14. The number of rotatable bonds is 4. The molecule has 2 heteroatoms. The van der Waals surface area contributed by atoms with E-state index in [2.05, 4.69) is 45.9 Å². The summed E-state index contributed by atoms with van der Waals surface area (Å²) >= 11 is 1.65. The Kier molecular flexibility index (Phi) is 4.89. The lowest BCUT2D eigenvalue weighted by Gasteiger charge is -2.13. The van der Waals surface area contributed by atoms with E-state index in [0.29, 0.717) is 0 Å². The second-order valence-corrected chi connectivity index (χ2v) is 7.07. The van der Waals surface area contributed by atoms with E-state index in [4.69, 9.17) is 0 Å². The molecule has 2 aromatic rings. The van der Waals surface area contributed by atoms with Gasteiger partial charge in [0.1, 0.15) is 0 Å². The number of hydrogen-bond acceptors (Lipinski definition) is 2. The van der Waals surface area contributed by atoms with Crippen molar-refractivity contribution in [2.45, 2.75) is 44.8 Å². The van der Waals surface area contributed by atoms with Gasteiger partial charge in [-0.3, -0.25) is 4.79 Å². The summed E-state index contributed by atoms with van der Waals surface area (Å²) < 4.78 is 0. The Hall–Kier alpha value is -1.54. The standard InChI is InChI=1S/C19H22OS/c1-12-6-7-14(3)18(10-12)21-16(5)19(20)17-9-8-13(2)15(4)11-17/h6-11,16H,1-5H3. The van der Waals surface area contributed by atoms with Crippen LogP contribution in [0.25, 0.3) is 0 Å². The Morgan fingerprint density at radius 2 is 1.57 bits per heavy atom. The van der Waals surface area contributed by atoms with Gasteiger partial charge in [-0.2, -0.15) is 0 Å². The molecular formula is C19H22OS. The molecular weight excluding hydrogens is 276 g/mol. The molecule has 1 nitrogen and oxygen atoms in total. The highest BCUT2D eigenvalue weighted by molar-refractivity contribution is 8.00. The molecule has 2 rings (SSSR count). The number of benzene rings is 2. The third-order valence-electron chi connectivity index (χ3n) is 3.81. The van der Waals surface area contributed by atoms with Crippen molar-refractivity contribution in [3.8, 4) is 0 Å². The zero-order valence-corrected chi connectivity index (χ0v) is 14.2. The van der Waals surface area contributed by atoms with Gasteiger partial charge in [-0.25, -0.2) is 0 Å². The number of carbonyl (C=O) groups is 1. The van der Waals surface area contributed by atoms with Gasteiger partial charge in [0.25, 0.3) is 0 Å². The lowest BCUT2D eigenvalue weighted by atomic mass is 10.0. The van der Waals surface area contributed by atoms with Crippen molar-refractivity contribution in [1.82, 2.24) is 0 Å². The van der Waals surface area contributed by atoms with Crippen LogP contribution in [0.2, 0.25) is 0 Å². The molecule has 21 heavy (non-hydrogen) atoms. The van der Waals surface area contributed by atoms with E-state index in [-0.39, 0.29) is 11.0 Å². The fraction of sp³-hybridized carbons (Fsp3) is 0.316. The normalized spacial score (nSPS) is 12.2. The van der Waals surface area contributed by atoms with Crippen LogP contribution < -0.4 is 0 Å². The van der Waals surface area contributed by atoms with Crippen molar-refractivity contribution in [3.63, 3.8) is 0 Å². The van der Waals surface area contributed by atoms with Crippen LogP contribution in [0.4, 0.5) is 0 Å². The van der Waals surface area contributed by atoms with Gasteiger partial charge in [0.15, 0.2) is 5.78 Å². The molecule has 0 heterocycles. The van der Waals surface area contributed by atoms with Crippen LogP contribution in [0.15, 0.2) is 41.3 Å². The van der Waals surface area contributed by atoms with Gasteiger partial charge in [0.05, 0.1) is 5.25 Å². The van der Waals surface area contributed by atoms with Gasteiger partial charge >= 0.3 is 0 Å². The van der Waals surface area contributed by atoms with Crippen LogP contribution >= 0.6 is 11.8 Å². The predicted molar refractivity (Wildman–Crippen MR) is 91.5 cm³/mol. The molecule has 0 N–H and O–H groups in total. The molecule has 0 aliphatic rings. The number of thioether (sulfide) groups is 1. The first-order chi connectivity index (χ1) is 9.88. The van der Waals surface area contributed by atoms with Crippen molar-refractivity contribution in [2.24, 2.45) is 0 Å². The average molecular weight is 298 g/mol.